The van der Waals surface area contributed by atoms with Gasteiger partial charge in [-0.15, -0.1) is 0 Å². The van der Waals surface area contributed by atoms with Crippen LogP contribution in [0.25, 0.3) is 0 Å². The van der Waals surface area contributed by atoms with Crippen LogP contribution >= 0.6 is 0 Å². The van der Waals surface area contributed by atoms with Gasteiger partial charge in [0.1, 0.15) is 6.10 Å². The SMILES string of the molecule is CC(=O)O[C@H]1OCC[C@H](OC(C)=O)[C@H]1OC(C)=O. The van der Waals surface area contributed by atoms with Gasteiger partial charge in [0, 0.05) is 27.2 Å². The number of carbonyl (C=O) groups is 3. The van der Waals surface area contributed by atoms with Crippen LogP contribution in [0.2, 0.25) is 0 Å². The smallest absolute Gasteiger partial charge is 0.305 e. The lowest BCUT2D eigenvalue weighted by Gasteiger charge is -2.35. The molecule has 1 aliphatic rings. The fourth-order valence-corrected chi connectivity index (χ4v) is 1.66. The number of ether oxygens (including phenoxy) is 4. The molecule has 0 aromatic rings. The first-order valence-corrected chi connectivity index (χ1v) is 5.53. The van der Waals surface area contributed by atoms with Gasteiger partial charge in [0.15, 0.2) is 0 Å². The zero-order chi connectivity index (χ0) is 13.7. The van der Waals surface area contributed by atoms with Crippen LogP contribution in [0, 0.1) is 0 Å². The largest absolute Gasteiger partial charge is 0.458 e. The molecule has 0 aromatic heterocycles. The second-order valence-corrected chi connectivity index (χ2v) is 3.86. The summed E-state index contributed by atoms with van der Waals surface area (Å²) in [6.45, 7) is 3.92. The molecular weight excluding hydrogens is 244 g/mol. The van der Waals surface area contributed by atoms with Crippen molar-refractivity contribution in [2.24, 2.45) is 0 Å². The van der Waals surface area contributed by atoms with Crippen LogP contribution in [0.3, 0.4) is 0 Å². The molecule has 1 aliphatic heterocycles. The first kappa shape index (κ1) is 14.4. The summed E-state index contributed by atoms with van der Waals surface area (Å²) in [5.41, 5.74) is 0. The number of esters is 3. The molecule has 0 saturated carbocycles. The molecule has 0 spiro atoms. The maximum absolute atomic E-state index is 11.0. The third-order valence-electron chi connectivity index (χ3n) is 2.22. The molecule has 102 valence electrons. The zero-order valence-corrected chi connectivity index (χ0v) is 10.5. The third-order valence-corrected chi connectivity index (χ3v) is 2.22. The van der Waals surface area contributed by atoms with Gasteiger partial charge < -0.3 is 18.9 Å². The standard InChI is InChI=1S/C11H16O7/c1-6(12)16-9-4-5-15-11(18-8(3)14)10(9)17-7(2)13/h9-11H,4-5H2,1-3H3/t9-,10+,11+/m0/s1. The van der Waals surface area contributed by atoms with Gasteiger partial charge in [0.05, 0.1) is 6.61 Å². The molecular formula is C11H16O7. The third kappa shape index (κ3) is 4.33. The van der Waals surface area contributed by atoms with Gasteiger partial charge in [-0.2, -0.15) is 0 Å². The van der Waals surface area contributed by atoms with E-state index in [0.29, 0.717) is 6.42 Å². The van der Waals surface area contributed by atoms with Gasteiger partial charge in [-0.3, -0.25) is 14.4 Å². The molecule has 0 aliphatic carbocycles. The second-order valence-electron chi connectivity index (χ2n) is 3.86. The average molecular weight is 260 g/mol. The van der Waals surface area contributed by atoms with Gasteiger partial charge in [0.2, 0.25) is 12.4 Å². The van der Waals surface area contributed by atoms with Crippen LogP contribution in [0.4, 0.5) is 0 Å². The van der Waals surface area contributed by atoms with Crippen LogP contribution in [0.1, 0.15) is 27.2 Å². The molecule has 1 saturated heterocycles. The van der Waals surface area contributed by atoms with Crippen molar-refractivity contribution in [3.63, 3.8) is 0 Å². The lowest BCUT2D eigenvalue weighted by molar-refractivity contribution is -0.248. The Balaban J connectivity index is 2.78. The van der Waals surface area contributed by atoms with E-state index in [1.807, 2.05) is 0 Å². The Hall–Kier alpha value is -1.63. The molecule has 1 rings (SSSR count). The minimum Gasteiger partial charge on any atom is -0.458 e. The van der Waals surface area contributed by atoms with Crippen LogP contribution in [-0.4, -0.2) is 43.0 Å². The molecule has 0 bridgehead atoms. The van der Waals surface area contributed by atoms with E-state index in [2.05, 4.69) is 0 Å². The van der Waals surface area contributed by atoms with E-state index >= 15 is 0 Å². The quantitative estimate of drug-likeness (QED) is 0.527. The summed E-state index contributed by atoms with van der Waals surface area (Å²) >= 11 is 0. The van der Waals surface area contributed by atoms with Gasteiger partial charge in [-0.05, 0) is 0 Å². The van der Waals surface area contributed by atoms with Gasteiger partial charge in [-0.1, -0.05) is 0 Å². The highest BCUT2D eigenvalue weighted by Crippen LogP contribution is 2.22. The lowest BCUT2D eigenvalue weighted by atomic mass is 10.1. The molecule has 0 unspecified atom stereocenters. The molecule has 1 fully saturated rings. The van der Waals surface area contributed by atoms with E-state index in [1.54, 1.807) is 0 Å². The Morgan fingerprint density at radius 2 is 1.50 bits per heavy atom. The minimum atomic E-state index is -1.05. The van der Waals surface area contributed by atoms with Crippen molar-refractivity contribution in [3.05, 3.63) is 0 Å². The summed E-state index contributed by atoms with van der Waals surface area (Å²) in [6.07, 6.45) is -2.30. The summed E-state index contributed by atoms with van der Waals surface area (Å²) in [5, 5.41) is 0. The predicted molar refractivity (Wildman–Crippen MR) is 57.2 cm³/mol. The zero-order valence-electron chi connectivity index (χ0n) is 10.5. The molecule has 0 N–H and O–H groups in total. The molecule has 0 aromatic carbocycles. The van der Waals surface area contributed by atoms with Gasteiger partial charge in [0.25, 0.3) is 0 Å². The van der Waals surface area contributed by atoms with E-state index in [1.165, 1.54) is 20.8 Å². The van der Waals surface area contributed by atoms with Crippen molar-refractivity contribution in [2.45, 2.75) is 45.7 Å². The Kier molecular flexibility index (Phi) is 5.08. The summed E-state index contributed by atoms with van der Waals surface area (Å²) in [5.74, 6) is -1.64. The number of hydrogen-bond acceptors (Lipinski definition) is 7. The van der Waals surface area contributed by atoms with Crippen LogP contribution < -0.4 is 0 Å². The highest BCUT2D eigenvalue weighted by Gasteiger charge is 2.41. The molecule has 18 heavy (non-hydrogen) atoms. The van der Waals surface area contributed by atoms with Crippen molar-refractivity contribution in [2.75, 3.05) is 6.61 Å². The average Bonchev–Trinajstić information content (AvgIpc) is 2.20. The number of hydrogen-bond donors (Lipinski definition) is 0. The Labute approximate surface area is 104 Å². The molecule has 7 nitrogen and oxygen atoms in total. The van der Waals surface area contributed by atoms with Crippen LogP contribution in [-0.2, 0) is 33.3 Å². The molecule has 0 radical (unpaired) electrons. The molecule has 1 heterocycles. The monoisotopic (exact) mass is 260 g/mol. The van der Waals surface area contributed by atoms with E-state index in [4.69, 9.17) is 18.9 Å². The number of rotatable bonds is 3. The highest BCUT2D eigenvalue weighted by atomic mass is 16.7. The van der Waals surface area contributed by atoms with Gasteiger partial charge in [-0.25, -0.2) is 0 Å². The van der Waals surface area contributed by atoms with E-state index in [-0.39, 0.29) is 6.61 Å². The number of carbonyl (C=O) groups excluding carboxylic acids is 3. The predicted octanol–water partition coefficient (Wildman–Crippen LogP) is 0.159. The van der Waals surface area contributed by atoms with Crippen molar-refractivity contribution >= 4 is 17.9 Å². The minimum absolute atomic E-state index is 0.244. The van der Waals surface area contributed by atoms with Crippen LogP contribution in [0.15, 0.2) is 0 Å². The Bertz CT molecular complexity index is 314. The summed E-state index contributed by atoms with van der Waals surface area (Å²) in [6, 6.07) is 0. The highest BCUT2D eigenvalue weighted by molar-refractivity contribution is 5.68. The lowest BCUT2D eigenvalue weighted by Crippen LogP contribution is -2.50. The van der Waals surface area contributed by atoms with Crippen molar-refractivity contribution in [3.8, 4) is 0 Å². The van der Waals surface area contributed by atoms with Crippen molar-refractivity contribution in [1.82, 2.24) is 0 Å². The van der Waals surface area contributed by atoms with E-state index < -0.39 is 36.4 Å². The normalized spacial score (nSPS) is 27.2. The van der Waals surface area contributed by atoms with Crippen LogP contribution in [0.5, 0.6) is 0 Å². The Morgan fingerprint density at radius 1 is 0.944 bits per heavy atom. The van der Waals surface area contributed by atoms with Crippen molar-refractivity contribution in [1.29, 1.82) is 0 Å². The maximum atomic E-state index is 11.0. The maximum Gasteiger partial charge on any atom is 0.305 e. The fourth-order valence-electron chi connectivity index (χ4n) is 1.66. The van der Waals surface area contributed by atoms with Gasteiger partial charge >= 0.3 is 17.9 Å². The first-order chi connectivity index (χ1) is 8.40. The molecule has 3 atom stereocenters. The first-order valence-electron chi connectivity index (χ1n) is 5.53. The fraction of sp³-hybridized carbons (Fsp3) is 0.727. The molecule has 7 heteroatoms. The second kappa shape index (κ2) is 6.34. The molecule has 0 amide bonds. The topological polar surface area (TPSA) is 88.1 Å². The van der Waals surface area contributed by atoms with Crippen molar-refractivity contribution < 1.29 is 33.3 Å². The van der Waals surface area contributed by atoms with E-state index in [9.17, 15) is 14.4 Å². The Morgan fingerprint density at radius 3 is 2.00 bits per heavy atom. The summed E-state index contributed by atoms with van der Waals surface area (Å²) in [7, 11) is 0. The summed E-state index contributed by atoms with van der Waals surface area (Å²) < 4.78 is 20.1. The van der Waals surface area contributed by atoms with E-state index in [0.717, 1.165) is 0 Å². The summed E-state index contributed by atoms with van der Waals surface area (Å²) in [4.78, 5) is 32.9.